The summed E-state index contributed by atoms with van der Waals surface area (Å²) in [4.78, 5) is 13.9. The van der Waals surface area contributed by atoms with Crippen molar-refractivity contribution in [3.05, 3.63) is 41.5 Å². The van der Waals surface area contributed by atoms with E-state index in [1.54, 1.807) is 0 Å². The second kappa shape index (κ2) is 15.7. The highest BCUT2D eigenvalue weighted by atomic mass is 32.2. The molecule has 2 nitrogen and oxygen atoms in total. The minimum absolute atomic E-state index is 0.0201. The first-order valence-electron chi connectivity index (χ1n) is 19.2. The van der Waals surface area contributed by atoms with Gasteiger partial charge in [0.2, 0.25) is 0 Å². The molecule has 49 heavy (non-hydrogen) atoms. The van der Waals surface area contributed by atoms with Crippen molar-refractivity contribution < 1.29 is 31.9 Å². The summed E-state index contributed by atoms with van der Waals surface area (Å²) < 4.78 is 71.3. The fourth-order valence-corrected chi connectivity index (χ4v) is 11.8. The van der Waals surface area contributed by atoms with Crippen molar-refractivity contribution in [3.63, 3.8) is 0 Å². The Balaban J connectivity index is 1.08. The van der Waals surface area contributed by atoms with E-state index in [0.717, 1.165) is 31.3 Å². The Morgan fingerprint density at radius 1 is 0.837 bits per heavy atom. The predicted molar refractivity (Wildman–Crippen MR) is 189 cm³/mol. The first-order chi connectivity index (χ1) is 23.1. The van der Waals surface area contributed by atoms with Gasteiger partial charge in [0.15, 0.2) is 5.78 Å². The molecule has 5 rings (SSSR count). The van der Waals surface area contributed by atoms with Crippen molar-refractivity contribution in [2.75, 3.05) is 5.75 Å². The van der Waals surface area contributed by atoms with Crippen molar-refractivity contribution in [2.24, 2.45) is 34.5 Å². The molecular formula is C41H59F5O2S. The molecule has 1 aromatic carbocycles. The molecule has 0 unspecified atom stereocenters. The number of hydrogen-bond acceptors (Lipinski definition) is 3. The lowest BCUT2D eigenvalue weighted by atomic mass is 9.43. The number of carbonyl (C=O) groups is 1. The van der Waals surface area contributed by atoms with Crippen LogP contribution in [-0.4, -0.2) is 34.3 Å². The maximum atomic E-state index is 15.1. The molecule has 0 aliphatic heterocycles. The maximum absolute atomic E-state index is 15.1. The van der Waals surface area contributed by atoms with E-state index in [0.29, 0.717) is 25.7 Å². The summed E-state index contributed by atoms with van der Waals surface area (Å²) in [5.74, 6) is -3.98. The average Bonchev–Trinajstić information content (AvgIpc) is 3.32. The van der Waals surface area contributed by atoms with E-state index in [4.69, 9.17) is 0 Å². The van der Waals surface area contributed by atoms with Crippen molar-refractivity contribution in [2.45, 2.75) is 165 Å². The van der Waals surface area contributed by atoms with Gasteiger partial charge in [0.25, 0.3) is 0 Å². The lowest BCUT2D eigenvalue weighted by Crippen LogP contribution is -2.66. The Morgan fingerprint density at radius 2 is 1.45 bits per heavy atom. The second-order valence-electron chi connectivity index (χ2n) is 16.6. The lowest BCUT2D eigenvalue weighted by molar-refractivity contribution is -0.364. The van der Waals surface area contributed by atoms with Crippen molar-refractivity contribution >= 4 is 17.5 Å². The largest absolute Gasteiger partial charge is 0.456 e. The topological polar surface area (TPSA) is 37.3 Å². The Kier molecular flexibility index (Phi) is 12.4. The third kappa shape index (κ3) is 7.86. The molecule has 3 saturated carbocycles. The van der Waals surface area contributed by atoms with Crippen LogP contribution in [0.25, 0.3) is 0 Å². The number of benzene rings is 1. The summed E-state index contributed by atoms with van der Waals surface area (Å²) in [6.45, 7) is 5.84. The predicted octanol–water partition coefficient (Wildman–Crippen LogP) is 12.5. The lowest BCUT2D eigenvalue weighted by Gasteiger charge is -2.62. The number of allylic oxidation sites excluding steroid dienone is 1. The number of unbranched alkanes of at least 4 members (excludes halogenated alkanes) is 10. The van der Waals surface area contributed by atoms with Crippen LogP contribution in [0.5, 0.6) is 0 Å². The third-order valence-electron chi connectivity index (χ3n) is 13.6. The van der Waals surface area contributed by atoms with Gasteiger partial charge in [-0.3, -0.25) is 4.79 Å². The van der Waals surface area contributed by atoms with Gasteiger partial charge in [-0.2, -0.15) is 22.0 Å². The normalized spacial score (nSPS) is 33.2. The van der Waals surface area contributed by atoms with Crippen molar-refractivity contribution in [1.82, 2.24) is 0 Å². The Morgan fingerprint density at radius 3 is 2.08 bits per heavy atom. The molecule has 1 aromatic rings. The van der Waals surface area contributed by atoms with E-state index < -0.39 is 35.5 Å². The number of halogens is 5. The number of carbonyl (C=O) groups excluding carboxylic acids is 1. The second-order valence-corrected chi connectivity index (χ2v) is 17.7. The van der Waals surface area contributed by atoms with Gasteiger partial charge in [0.05, 0.1) is 0 Å². The number of hydrogen-bond donors (Lipinski definition) is 1. The van der Waals surface area contributed by atoms with Gasteiger partial charge in [-0.1, -0.05) is 101 Å². The molecule has 0 amide bonds. The number of thioether (sulfide) groups is 1. The molecule has 0 aromatic heterocycles. The zero-order valence-corrected chi connectivity index (χ0v) is 30.8. The van der Waals surface area contributed by atoms with Gasteiger partial charge in [-0.15, -0.1) is 11.8 Å². The summed E-state index contributed by atoms with van der Waals surface area (Å²) in [5.41, 5.74) is -2.36. The first kappa shape index (κ1) is 38.8. The molecule has 3 fully saturated rings. The number of ketones is 1. The van der Waals surface area contributed by atoms with Crippen molar-refractivity contribution in [1.29, 1.82) is 0 Å². The van der Waals surface area contributed by atoms with E-state index in [1.165, 1.54) is 74.5 Å². The van der Waals surface area contributed by atoms with Crippen LogP contribution in [0.2, 0.25) is 0 Å². The zero-order chi connectivity index (χ0) is 35.5. The maximum Gasteiger partial charge on any atom is 0.456 e. The van der Waals surface area contributed by atoms with Gasteiger partial charge < -0.3 is 5.11 Å². The first-order valence-corrected chi connectivity index (χ1v) is 20.2. The fourth-order valence-electron chi connectivity index (χ4n) is 10.8. The van der Waals surface area contributed by atoms with Gasteiger partial charge in [0, 0.05) is 16.7 Å². The fraction of sp³-hybridized carbons (Fsp3) is 0.780. The van der Waals surface area contributed by atoms with Crippen LogP contribution in [0.1, 0.15) is 141 Å². The molecule has 4 aliphatic rings. The Hall–Kier alpha value is -1.41. The average molecular weight is 711 g/mol. The summed E-state index contributed by atoms with van der Waals surface area (Å²) in [5, 5.41) is 11.3. The minimum atomic E-state index is -5.80. The van der Waals surface area contributed by atoms with Gasteiger partial charge in [0.1, 0.15) is 5.60 Å². The Labute approximate surface area is 295 Å². The molecule has 276 valence electrons. The highest BCUT2D eigenvalue weighted by Gasteiger charge is 2.79. The van der Waals surface area contributed by atoms with Crippen LogP contribution in [-0.2, 0) is 4.79 Å². The summed E-state index contributed by atoms with van der Waals surface area (Å²) in [6, 6.07) is 8.70. The van der Waals surface area contributed by atoms with E-state index >= 15 is 8.78 Å². The van der Waals surface area contributed by atoms with Gasteiger partial charge in [-0.05, 0) is 111 Å². The number of fused-ring (bicyclic) bond motifs is 5. The smallest absolute Gasteiger partial charge is 0.383 e. The van der Waals surface area contributed by atoms with Crippen molar-refractivity contribution in [3.8, 4) is 0 Å². The SMILES string of the molecule is Cc1cccc(SCCCCCCCCCCCCC[C@@H]2CC3=CC(=O)CC[C@]3(C)[C@H]3CC[C@@]4(C)[C@@H](CC[C@@]4(O)C(F)(F)C(F)(F)F)[C@H]23)c1. The molecule has 0 heterocycles. The highest BCUT2D eigenvalue weighted by molar-refractivity contribution is 7.99. The molecule has 0 saturated heterocycles. The molecule has 1 N–H and O–H groups in total. The van der Waals surface area contributed by atoms with E-state index in [2.05, 4.69) is 38.1 Å². The van der Waals surface area contributed by atoms with Gasteiger partial charge in [-0.25, -0.2) is 0 Å². The molecule has 8 heteroatoms. The monoisotopic (exact) mass is 710 g/mol. The molecule has 7 atom stereocenters. The summed E-state index contributed by atoms with van der Waals surface area (Å²) in [6.07, 6.45) is 12.5. The number of aliphatic hydroxyl groups is 1. The van der Waals surface area contributed by atoms with E-state index in [9.17, 15) is 23.1 Å². The molecule has 4 aliphatic carbocycles. The number of aryl methyl sites for hydroxylation is 1. The van der Waals surface area contributed by atoms with E-state index in [-0.39, 0.29) is 41.8 Å². The van der Waals surface area contributed by atoms with Crippen LogP contribution in [0.3, 0.4) is 0 Å². The molecule has 0 spiro atoms. The van der Waals surface area contributed by atoms with Gasteiger partial charge >= 0.3 is 12.1 Å². The van der Waals surface area contributed by atoms with Crippen LogP contribution in [0.4, 0.5) is 22.0 Å². The molecular weight excluding hydrogens is 652 g/mol. The quantitative estimate of drug-likeness (QED) is 0.105. The molecule has 0 bridgehead atoms. The number of rotatable bonds is 16. The molecule has 0 radical (unpaired) electrons. The zero-order valence-electron chi connectivity index (χ0n) is 30.0. The minimum Gasteiger partial charge on any atom is -0.383 e. The Bertz CT molecular complexity index is 1310. The highest BCUT2D eigenvalue weighted by Crippen LogP contribution is 2.72. The van der Waals surface area contributed by atoms with E-state index in [1.807, 2.05) is 17.8 Å². The van der Waals surface area contributed by atoms with Crippen LogP contribution >= 0.6 is 11.8 Å². The summed E-state index contributed by atoms with van der Waals surface area (Å²) in [7, 11) is 0. The summed E-state index contributed by atoms with van der Waals surface area (Å²) >= 11 is 1.95. The van der Waals surface area contributed by atoms with Crippen LogP contribution < -0.4 is 0 Å². The standard InChI is InChI=1S/C41H59F5O2S/c1-29-16-15-18-33(26-29)49-25-14-12-10-8-6-4-5-7-9-11-13-17-30-27-31-28-32(47)19-22-37(31,2)34-20-23-38(3)35(36(30)34)21-24-39(38,48)40(42,43)41(44,45)46/h15-16,18,26,28,30,34-36,48H,4-14,17,19-25,27H2,1-3H3/t30-,34+,35+,36-,37+,38+,39+/m1/s1. The third-order valence-corrected chi connectivity index (χ3v) is 14.7. The van der Waals surface area contributed by atoms with Crippen LogP contribution in [0.15, 0.2) is 40.8 Å². The van der Waals surface area contributed by atoms with Crippen LogP contribution in [0, 0.1) is 41.4 Å². The number of alkyl halides is 5.